The molecule has 0 fully saturated rings. The highest BCUT2D eigenvalue weighted by molar-refractivity contribution is 6.30. The van der Waals surface area contributed by atoms with E-state index >= 15 is 0 Å². The lowest BCUT2D eigenvalue weighted by atomic mass is 10.1. The van der Waals surface area contributed by atoms with Crippen molar-refractivity contribution in [1.82, 2.24) is 4.90 Å². The van der Waals surface area contributed by atoms with Crippen LogP contribution in [0.3, 0.4) is 0 Å². The Labute approximate surface area is 185 Å². The van der Waals surface area contributed by atoms with E-state index in [1.165, 1.54) is 42.5 Å². The van der Waals surface area contributed by atoms with E-state index in [4.69, 9.17) is 11.6 Å². The molecular formula is C23H14ClF3N2O3. The lowest BCUT2D eigenvalue weighted by Gasteiger charge is -2.18. The minimum absolute atomic E-state index is 0.132. The largest absolute Gasteiger partial charge is 0.417 e. The standard InChI is InChI=1S/C23H14ClF3N2O3/c24-14-9-10-19(28-20(30)17-7-3-4-8-18(17)23(25,26)27)13(11-14)12-29-21(31)15-5-1-2-6-16(15)22(29)32/h1-11H,12H2,(H,28,30). The molecule has 3 aromatic carbocycles. The topological polar surface area (TPSA) is 66.5 Å². The van der Waals surface area contributed by atoms with Crippen molar-refractivity contribution in [3.63, 3.8) is 0 Å². The summed E-state index contributed by atoms with van der Waals surface area (Å²) in [5, 5.41) is 2.71. The molecule has 0 radical (unpaired) electrons. The number of imide groups is 1. The first-order valence-electron chi connectivity index (χ1n) is 9.38. The molecule has 3 amide bonds. The van der Waals surface area contributed by atoms with Crippen molar-refractivity contribution >= 4 is 35.0 Å². The summed E-state index contributed by atoms with van der Waals surface area (Å²) in [6, 6.07) is 15.0. The van der Waals surface area contributed by atoms with Gasteiger partial charge in [0.15, 0.2) is 0 Å². The summed E-state index contributed by atoms with van der Waals surface area (Å²) >= 11 is 6.05. The Kier molecular flexibility index (Phi) is 5.48. The van der Waals surface area contributed by atoms with Crippen molar-refractivity contribution in [1.29, 1.82) is 0 Å². The predicted molar refractivity (Wildman–Crippen MR) is 111 cm³/mol. The molecule has 4 rings (SSSR count). The highest BCUT2D eigenvalue weighted by Crippen LogP contribution is 2.33. The second-order valence-electron chi connectivity index (χ2n) is 7.04. The van der Waals surface area contributed by atoms with E-state index in [0.717, 1.165) is 17.0 Å². The third kappa shape index (κ3) is 3.97. The first-order valence-corrected chi connectivity index (χ1v) is 9.76. The Hall–Kier alpha value is -3.65. The van der Waals surface area contributed by atoms with Gasteiger partial charge in [-0.25, -0.2) is 0 Å². The lowest BCUT2D eigenvalue weighted by molar-refractivity contribution is -0.137. The molecule has 0 aromatic heterocycles. The van der Waals surface area contributed by atoms with Crippen LogP contribution in [-0.4, -0.2) is 22.6 Å². The maximum atomic E-state index is 13.3. The van der Waals surface area contributed by atoms with Crippen LogP contribution in [0.2, 0.25) is 5.02 Å². The third-order valence-corrected chi connectivity index (χ3v) is 5.23. The third-order valence-electron chi connectivity index (χ3n) is 5.00. The Balaban J connectivity index is 1.64. The molecule has 3 aromatic rings. The van der Waals surface area contributed by atoms with E-state index in [1.54, 1.807) is 12.1 Å². The average molecular weight is 459 g/mol. The van der Waals surface area contributed by atoms with Crippen LogP contribution in [0.1, 0.15) is 42.2 Å². The van der Waals surface area contributed by atoms with Gasteiger partial charge in [0.1, 0.15) is 0 Å². The van der Waals surface area contributed by atoms with Crippen LogP contribution in [0.5, 0.6) is 0 Å². The first kappa shape index (κ1) is 21.6. The average Bonchev–Trinajstić information content (AvgIpc) is 3.00. The fraction of sp³-hybridized carbons (Fsp3) is 0.0870. The SMILES string of the molecule is O=C(Nc1ccc(Cl)cc1CN1C(=O)c2ccccc2C1=O)c1ccccc1C(F)(F)F. The number of carbonyl (C=O) groups excluding carboxylic acids is 3. The maximum Gasteiger partial charge on any atom is 0.417 e. The second-order valence-corrected chi connectivity index (χ2v) is 7.48. The zero-order valence-electron chi connectivity index (χ0n) is 16.2. The van der Waals surface area contributed by atoms with Gasteiger partial charge in [0.25, 0.3) is 17.7 Å². The summed E-state index contributed by atoms with van der Waals surface area (Å²) in [6.07, 6.45) is -4.71. The molecule has 1 heterocycles. The number of hydrogen-bond acceptors (Lipinski definition) is 3. The lowest BCUT2D eigenvalue weighted by Crippen LogP contribution is -2.29. The number of hydrogen-bond donors (Lipinski definition) is 1. The van der Waals surface area contributed by atoms with Crippen molar-refractivity contribution in [3.05, 3.63) is 99.6 Å². The van der Waals surface area contributed by atoms with Crippen molar-refractivity contribution in [2.45, 2.75) is 12.7 Å². The molecule has 9 heteroatoms. The molecule has 1 N–H and O–H groups in total. The number of alkyl halides is 3. The van der Waals surface area contributed by atoms with Gasteiger partial charge in [0.2, 0.25) is 0 Å². The number of nitrogens with one attached hydrogen (secondary N) is 1. The fourth-order valence-corrected chi connectivity index (χ4v) is 3.68. The zero-order chi connectivity index (χ0) is 23.0. The molecule has 1 aliphatic heterocycles. The molecule has 1 aliphatic rings. The minimum Gasteiger partial charge on any atom is -0.322 e. The number of fused-ring (bicyclic) bond motifs is 1. The van der Waals surface area contributed by atoms with E-state index < -0.39 is 35.0 Å². The zero-order valence-corrected chi connectivity index (χ0v) is 17.0. The minimum atomic E-state index is -4.71. The number of rotatable bonds is 4. The van der Waals surface area contributed by atoms with E-state index in [1.807, 2.05) is 0 Å². The van der Waals surface area contributed by atoms with Crippen molar-refractivity contribution < 1.29 is 27.6 Å². The Morgan fingerprint density at radius 3 is 2.12 bits per heavy atom. The molecule has 0 saturated heterocycles. The van der Waals surface area contributed by atoms with E-state index in [-0.39, 0.29) is 28.4 Å². The monoisotopic (exact) mass is 458 g/mol. The van der Waals surface area contributed by atoms with Gasteiger partial charge in [-0.3, -0.25) is 19.3 Å². The van der Waals surface area contributed by atoms with Crippen LogP contribution in [-0.2, 0) is 12.7 Å². The number of carbonyl (C=O) groups is 3. The quantitative estimate of drug-likeness (QED) is 0.532. The second kappa shape index (κ2) is 8.12. The van der Waals surface area contributed by atoms with Gasteiger partial charge >= 0.3 is 6.18 Å². The normalized spacial score (nSPS) is 13.3. The van der Waals surface area contributed by atoms with Gasteiger partial charge in [-0.2, -0.15) is 13.2 Å². The van der Waals surface area contributed by atoms with Gasteiger partial charge in [-0.05, 0) is 48.0 Å². The van der Waals surface area contributed by atoms with Gasteiger partial charge < -0.3 is 5.32 Å². The van der Waals surface area contributed by atoms with Gasteiger partial charge in [-0.15, -0.1) is 0 Å². The van der Waals surface area contributed by atoms with Crippen molar-refractivity contribution in [3.8, 4) is 0 Å². The van der Waals surface area contributed by atoms with Crippen LogP contribution in [0.15, 0.2) is 66.7 Å². The fourth-order valence-electron chi connectivity index (χ4n) is 3.49. The highest BCUT2D eigenvalue weighted by Gasteiger charge is 2.36. The van der Waals surface area contributed by atoms with Crippen LogP contribution in [0.4, 0.5) is 18.9 Å². The van der Waals surface area contributed by atoms with Crippen molar-refractivity contribution in [2.24, 2.45) is 0 Å². The summed E-state index contributed by atoms with van der Waals surface area (Å²) in [4.78, 5) is 39.0. The van der Waals surface area contributed by atoms with Crippen LogP contribution >= 0.6 is 11.6 Å². The van der Waals surface area contributed by atoms with Gasteiger partial charge in [0.05, 0.1) is 28.8 Å². The van der Waals surface area contributed by atoms with Crippen LogP contribution in [0.25, 0.3) is 0 Å². The van der Waals surface area contributed by atoms with Crippen LogP contribution in [0, 0.1) is 0 Å². The van der Waals surface area contributed by atoms with E-state index in [9.17, 15) is 27.6 Å². The first-order chi connectivity index (χ1) is 15.2. The number of amides is 3. The molecule has 0 aliphatic carbocycles. The number of nitrogens with zero attached hydrogens (tertiary/aromatic N) is 1. The summed E-state index contributed by atoms with van der Waals surface area (Å²) in [7, 11) is 0. The molecule has 162 valence electrons. The van der Waals surface area contributed by atoms with Crippen molar-refractivity contribution in [2.75, 3.05) is 5.32 Å². The summed E-state index contributed by atoms with van der Waals surface area (Å²) in [6.45, 7) is -0.219. The number of halogens is 4. The molecule has 5 nitrogen and oxygen atoms in total. The molecule has 0 atom stereocenters. The predicted octanol–water partition coefficient (Wildman–Crippen LogP) is 5.41. The van der Waals surface area contributed by atoms with E-state index in [0.29, 0.717) is 5.56 Å². The Bertz CT molecular complexity index is 1220. The highest BCUT2D eigenvalue weighted by atomic mass is 35.5. The molecular weight excluding hydrogens is 445 g/mol. The molecule has 0 bridgehead atoms. The van der Waals surface area contributed by atoms with Crippen LogP contribution < -0.4 is 5.32 Å². The number of anilines is 1. The van der Waals surface area contributed by atoms with E-state index in [2.05, 4.69) is 5.32 Å². The van der Waals surface area contributed by atoms with Gasteiger partial charge in [0, 0.05) is 10.7 Å². The summed E-state index contributed by atoms with van der Waals surface area (Å²) < 4.78 is 39.9. The maximum absolute atomic E-state index is 13.3. The smallest absolute Gasteiger partial charge is 0.322 e. The number of benzene rings is 3. The Morgan fingerprint density at radius 1 is 0.906 bits per heavy atom. The molecule has 32 heavy (non-hydrogen) atoms. The molecule has 0 spiro atoms. The summed E-state index contributed by atoms with van der Waals surface area (Å²) in [5.41, 5.74) is -0.693. The summed E-state index contributed by atoms with van der Waals surface area (Å²) in [5.74, 6) is -2.00. The Morgan fingerprint density at radius 2 is 1.50 bits per heavy atom. The molecule has 0 unspecified atom stereocenters. The molecule has 0 saturated carbocycles. The van der Waals surface area contributed by atoms with Gasteiger partial charge in [-0.1, -0.05) is 35.9 Å².